The number of rotatable bonds is 7. The Morgan fingerprint density at radius 1 is 1.03 bits per heavy atom. The van der Waals surface area contributed by atoms with E-state index >= 15 is 0 Å². The lowest BCUT2D eigenvalue weighted by Crippen LogP contribution is -2.47. The highest BCUT2D eigenvalue weighted by Gasteiger charge is 2.43. The standard InChI is InChI=1S/C23H34ClNO4/c1-21(2,3)19(22(4,5)6)29-20(27)23(7,14-13-18(26)28-8)25-15-16-9-11-17(24)12-10-16/h9-12,15,19H,13-14H2,1-8H3/t23-/m1/s1. The number of ether oxygens (including phenoxy) is 2. The zero-order valence-corrected chi connectivity index (χ0v) is 19.6. The summed E-state index contributed by atoms with van der Waals surface area (Å²) < 4.78 is 10.7. The molecule has 162 valence electrons. The van der Waals surface area contributed by atoms with Crippen LogP contribution in [0.2, 0.25) is 5.02 Å². The summed E-state index contributed by atoms with van der Waals surface area (Å²) in [6.45, 7) is 13.9. The van der Waals surface area contributed by atoms with Crippen molar-refractivity contribution in [1.82, 2.24) is 0 Å². The Balaban J connectivity index is 3.19. The second-order valence-corrected chi connectivity index (χ2v) is 10.1. The minimum Gasteiger partial charge on any atom is -0.469 e. The summed E-state index contributed by atoms with van der Waals surface area (Å²) in [4.78, 5) is 29.5. The monoisotopic (exact) mass is 423 g/mol. The predicted octanol–water partition coefficient (Wildman–Crippen LogP) is 5.47. The fourth-order valence-electron chi connectivity index (χ4n) is 3.32. The van der Waals surface area contributed by atoms with Crippen molar-refractivity contribution in [2.45, 2.75) is 73.0 Å². The highest BCUT2D eigenvalue weighted by atomic mass is 35.5. The maximum Gasteiger partial charge on any atom is 0.334 e. The first-order valence-corrected chi connectivity index (χ1v) is 10.2. The van der Waals surface area contributed by atoms with Crippen molar-refractivity contribution < 1.29 is 19.1 Å². The van der Waals surface area contributed by atoms with Crippen molar-refractivity contribution in [1.29, 1.82) is 0 Å². The first-order chi connectivity index (χ1) is 13.2. The summed E-state index contributed by atoms with van der Waals surface area (Å²) in [7, 11) is 1.32. The summed E-state index contributed by atoms with van der Waals surface area (Å²) in [6, 6.07) is 7.13. The van der Waals surface area contributed by atoms with Crippen molar-refractivity contribution in [3.8, 4) is 0 Å². The van der Waals surface area contributed by atoms with Crippen LogP contribution in [0, 0.1) is 10.8 Å². The van der Waals surface area contributed by atoms with Crippen LogP contribution in [0.25, 0.3) is 0 Å². The molecule has 0 saturated heterocycles. The number of carbonyl (C=O) groups is 2. The fourth-order valence-corrected chi connectivity index (χ4v) is 3.45. The maximum atomic E-state index is 13.2. The number of methoxy groups -OCH3 is 1. The molecule has 0 spiro atoms. The van der Waals surface area contributed by atoms with E-state index in [1.807, 2.05) is 53.7 Å². The molecule has 1 aromatic carbocycles. The molecule has 1 atom stereocenters. The molecule has 0 aliphatic heterocycles. The van der Waals surface area contributed by atoms with Crippen LogP contribution in [0.3, 0.4) is 0 Å². The minimum absolute atomic E-state index is 0.0652. The van der Waals surface area contributed by atoms with Crippen LogP contribution in [0.15, 0.2) is 29.3 Å². The van der Waals surface area contributed by atoms with Gasteiger partial charge in [-0.05, 0) is 41.9 Å². The molecule has 0 heterocycles. The summed E-state index contributed by atoms with van der Waals surface area (Å²) in [5, 5.41) is 0.619. The zero-order chi connectivity index (χ0) is 22.5. The smallest absolute Gasteiger partial charge is 0.334 e. The van der Waals surface area contributed by atoms with E-state index in [2.05, 4.69) is 4.99 Å². The fraction of sp³-hybridized carbons (Fsp3) is 0.609. The lowest BCUT2D eigenvalue weighted by atomic mass is 9.74. The Labute approximate surface area is 179 Å². The van der Waals surface area contributed by atoms with Crippen LogP contribution in [0.1, 0.15) is 66.9 Å². The number of carbonyl (C=O) groups excluding carboxylic acids is 2. The molecule has 0 radical (unpaired) electrons. The van der Waals surface area contributed by atoms with E-state index in [0.717, 1.165) is 5.56 Å². The third-order valence-corrected chi connectivity index (χ3v) is 4.90. The van der Waals surface area contributed by atoms with Gasteiger partial charge in [-0.25, -0.2) is 4.79 Å². The van der Waals surface area contributed by atoms with Crippen LogP contribution < -0.4 is 0 Å². The molecular weight excluding hydrogens is 390 g/mol. The highest BCUT2D eigenvalue weighted by molar-refractivity contribution is 6.30. The average Bonchev–Trinajstić information content (AvgIpc) is 2.61. The Kier molecular flexibility index (Phi) is 8.46. The summed E-state index contributed by atoms with van der Waals surface area (Å²) in [5.41, 5.74) is -0.925. The van der Waals surface area contributed by atoms with E-state index in [1.165, 1.54) is 7.11 Å². The molecule has 0 amide bonds. The second kappa shape index (κ2) is 9.75. The van der Waals surface area contributed by atoms with Crippen molar-refractivity contribution in [3.05, 3.63) is 34.9 Å². The number of esters is 2. The van der Waals surface area contributed by atoms with Gasteiger partial charge in [0.1, 0.15) is 6.10 Å². The minimum atomic E-state index is -1.22. The van der Waals surface area contributed by atoms with E-state index in [9.17, 15) is 9.59 Å². The number of aliphatic imine (C=N–C) groups is 1. The number of benzene rings is 1. The van der Waals surface area contributed by atoms with E-state index < -0.39 is 17.5 Å². The maximum absolute atomic E-state index is 13.2. The van der Waals surface area contributed by atoms with Crippen molar-refractivity contribution in [2.24, 2.45) is 15.8 Å². The number of hydrogen-bond acceptors (Lipinski definition) is 5. The van der Waals surface area contributed by atoms with Crippen molar-refractivity contribution >= 4 is 29.8 Å². The van der Waals surface area contributed by atoms with Gasteiger partial charge >= 0.3 is 11.9 Å². The van der Waals surface area contributed by atoms with Gasteiger partial charge in [-0.3, -0.25) is 9.79 Å². The number of halogens is 1. The molecule has 0 bridgehead atoms. The average molecular weight is 424 g/mol. The molecule has 0 saturated carbocycles. The molecule has 0 aromatic heterocycles. The Morgan fingerprint density at radius 3 is 2.00 bits per heavy atom. The Bertz CT molecular complexity index is 715. The summed E-state index contributed by atoms with van der Waals surface area (Å²) in [6.07, 6.45) is 1.53. The van der Waals surface area contributed by atoms with Gasteiger partial charge in [-0.15, -0.1) is 0 Å². The van der Waals surface area contributed by atoms with Crippen molar-refractivity contribution in [2.75, 3.05) is 7.11 Å². The van der Waals surface area contributed by atoms with E-state index in [1.54, 1.807) is 25.3 Å². The normalized spacial score (nSPS) is 14.7. The first kappa shape index (κ1) is 25.2. The van der Waals surface area contributed by atoms with Gasteiger partial charge in [0.25, 0.3) is 0 Å². The van der Waals surface area contributed by atoms with Gasteiger partial charge in [0.05, 0.1) is 7.11 Å². The third-order valence-electron chi connectivity index (χ3n) is 4.65. The third kappa shape index (κ3) is 7.81. The van der Waals surface area contributed by atoms with Crippen molar-refractivity contribution in [3.63, 3.8) is 0 Å². The molecule has 0 N–H and O–H groups in total. The molecule has 0 unspecified atom stereocenters. The molecule has 0 fully saturated rings. The quantitative estimate of drug-likeness (QED) is 0.430. The largest absolute Gasteiger partial charge is 0.469 e. The van der Waals surface area contributed by atoms with Crippen LogP contribution in [0.4, 0.5) is 0 Å². The lowest BCUT2D eigenvalue weighted by molar-refractivity contribution is -0.170. The van der Waals surface area contributed by atoms with E-state index in [-0.39, 0.29) is 29.8 Å². The first-order valence-electron chi connectivity index (χ1n) is 9.78. The molecular formula is C23H34ClNO4. The molecule has 0 aliphatic rings. The van der Waals surface area contributed by atoms with Crippen LogP contribution in [-0.2, 0) is 19.1 Å². The van der Waals surface area contributed by atoms with E-state index in [0.29, 0.717) is 5.02 Å². The molecule has 1 aromatic rings. The summed E-state index contributed by atoms with van der Waals surface area (Å²) >= 11 is 5.93. The van der Waals surface area contributed by atoms with E-state index in [4.69, 9.17) is 21.1 Å². The highest BCUT2D eigenvalue weighted by Crippen LogP contribution is 2.37. The van der Waals surface area contributed by atoms with Gasteiger partial charge in [-0.1, -0.05) is 65.3 Å². The number of nitrogens with zero attached hydrogens (tertiary/aromatic N) is 1. The lowest BCUT2D eigenvalue weighted by Gasteiger charge is -2.41. The molecule has 29 heavy (non-hydrogen) atoms. The number of hydrogen-bond donors (Lipinski definition) is 0. The zero-order valence-electron chi connectivity index (χ0n) is 18.8. The van der Waals surface area contributed by atoms with Crippen LogP contribution >= 0.6 is 11.6 Å². The molecule has 0 aliphatic carbocycles. The SMILES string of the molecule is COC(=O)CC[C@@](C)(N=Cc1ccc(Cl)cc1)C(=O)OC(C(C)(C)C)C(C)(C)C. The Morgan fingerprint density at radius 2 is 1.55 bits per heavy atom. The van der Waals surface area contributed by atoms with Gasteiger partial charge in [0, 0.05) is 17.7 Å². The topological polar surface area (TPSA) is 65.0 Å². The molecule has 5 nitrogen and oxygen atoms in total. The van der Waals surface area contributed by atoms with Gasteiger partial charge in [0.15, 0.2) is 5.54 Å². The van der Waals surface area contributed by atoms with Gasteiger partial charge in [-0.2, -0.15) is 0 Å². The van der Waals surface area contributed by atoms with Gasteiger partial charge < -0.3 is 9.47 Å². The second-order valence-electron chi connectivity index (χ2n) is 9.68. The predicted molar refractivity (Wildman–Crippen MR) is 117 cm³/mol. The Hall–Kier alpha value is -1.88. The molecule has 6 heteroatoms. The summed E-state index contributed by atoms with van der Waals surface area (Å²) in [5.74, 6) is -0.852. The van der Waals surface area contributed by atoms with Crippen LogP contribution in [0.5, 0.6) is 0 Å². The van der Waals surface area contributed by atoms with Crippen LogP contribution in [-0.4, -0.2) is 36.9 Å². The molecule has 1 rings (SSSR count). The van der Waals surface area contributed by atoms with Gasteiger partial charge in [0.2, 0.25) is 0 Å².